The van der Waals surface area contributed by atoms with Crippen LogP contribution in [0.2, 0.25) is 0 Å². The number of piperazine rings is 1. The van der Waals surface area contributed by atoms with Crippen LogP contribution in [-0.2, 0) is 9.47 Å². The van der Waals surface area contributed by atoms with Crippen LogP contribution >= 0.6 is 0 Å². The second-order valence-corrected chi connectivity index (χ2v) is 16.3. The molecule has 5 atom stereocenters. The molecule has 5 aliphatic heterocycles. The van der Waals surface area contributed by atoms with Crippen LogP contribution in [0.4, 0.5) is 19.4 Å². The average Bonchev–Trinajstić information content (AvgIpc) is 3.76. The molecule has 2 aromatic heterocycles. The summed E-state index contributed by atoms with van der Waals surface area (Å²) >= 11 is 0. The fourth-order valence-electron chi connectivity index (χ4n) is 9.47. The summed E-state index contributed by atoms with van der Waals surface area (Å²) in [7, 11) is 1.52. The van der Waals surface area contributed by atoms with E-state index >= 15 is 4.39 Å². The monoisotopic (exact) mass is 754 g/mol. The number of hydrogen-bond acceptors (Lipinski definition) is 11. The van der Waals surface area contributed by atoms with Crippen molar-refractivity contribution in [2.45, 2.75) is 88.3 Å². The van der Waals surface area contributed by atoms with Crippen molar-refractivity contribution in [3.8, 4) is 41.2 Å². The number of hydrogen-bond donors (Lipinski definition) is 0. The molecule has 14 heteroatoms. The molecule has 0 saturated carbocycles. The maximum Gasteiger partial charge on any atom is 0.410 e. The predicted molar refractivity (Wildman–Crippen MR) is 201 cm³/mol. The van der Waals surface area contributed by atoms with E-state index in [1.807, 2.05) is 43.9 Å². The summed E-state index contributed by atoms with van der Waals surface area (Å²) in [6.45, 7) is 7.40. The highest BCUT2D eigenvalue weighted by Crippen LogP contribution is 2.47. The number of rotatable bonds is 7. The predicted octanol–water partition coefficient (Wildman–Crippen LogP) is 6.25. The minimum atomic E-state index is -0.944. The van der Waals surface area contributed by atoms with Gasteiger partial charge in [-0.2, -0.15) is 9.97 Å². The molecule has 0 spiro atoms. The average molecular weight is 755 g/mol. The van der Waals surface area contributed by atoms with Gasteiger partial charge in [0.1, 0.15) is 53.2 Å². The van der Waals surface area contributed by atoms with Gasteiger partial charge in [-0.1, -0.05) is 18.1 Å². The summed E-state index contributed by atoms with van der Waals surface area (Å²) in [5.74, 6) is 3.01. The van der Waals surface area contributed by atoms with Crippen molar-refractivity contribution in [2.75, 3.05) is 51.7 Å². The van der Waals surface area contributed by atoms with Crippen molar-refractivity contribution < 1.29 is 37.3 Å². The van der Waals surface area contributed by atoms with Crippen molar-refractivity contribution in [1.29, 1.82) is 0 Å². The van der Waals surface area contributed by atoms with Gasteiger partial charge in [-0.25, -0.2) is 18.6 Å². The van der Waals surface area contributed by atoms with Crippen molar-refractivity contribution >= 4 is 33.6 Å². The summed E-state index contributed by atoms with van der Waals surface area (Å²) in [5.41, 5.74) is -0.287. The third-order valence-electron chi connectivity index (χ3n) is 11.7. The van der Waals surface area contributed by atoms with Crippen LogP contribution < -0.4 is 19.1 Å². The summed E-state index contributed by atoms with van der Waals surface area (Å²) < 4.78 is 62.1. The van der Waals surface area contributed by atoms with E-state index in [4.69, 9.17) is 45.1 Å². The summed E-state index contributed by atoms with van der Waals surface area (Å²) in [4.78, 5) is 34.2. The number of fused-ring (bicyclic) bond motifs is 7. The molecule has 0 radical (unpaired) electrons. The van der Waals surface area contributed by atoms with E-state index < -0.39 is 23.1 Å². The van der Waals surface area contributed by atoms with Crippen LogP contribution in [0, 0.1) is 18.2 Å². The van der Waals surface area contributed by atoms with Crippen molar-refractivity contribution in [3.63, 3.8) is 0 Å². The van der Waals surface area contributed by atoms with E-state index in [0.717, 1.165) is 37.6 Å². The van der Waals surface area contributed by atoms with Crippen molar-refractivity contribution in [2.24, 2.45) is 0 Å². The normalized spacial score (nSPS) is 25.7. The zero-order valence-electron chi connectivity index (χ0n) is 31.4. The van der Waals surface area contributed by atoms with E-state index in [0.29, 0.717) is 53.0 Å². The summed E-state index contributed by atoms with van der Waals surface area (Å²) in [6.07, 6.45) is 8.25. The molecule has 4 saturated heterocycles. The lowest BCUT2D eigenvalue weighted by Crippen LogP contribution is -2.63. The Morgan fingerprint density at radius 1 is 1.11 bits per heavy atom. The van der Waals surface area contributed by atoms with Crippen molar-refractivity contribution in [1.82, 2.24) is 24.8 Å². The number of aromatic nitrogens is 3. The Balaban J connectivity index is 1.20. The highest BCUT2D eigenvalue weighted by Gasteiger charge is 2.52. The smallest absolute Gasteiger partial charge is 0.410 e. The van der Waals surface area contributed by atoms with Gasteiger partial charge in [0, 0.05) is 43.1 Å². The fourth-order valence-corrected chi connectivity index (χ4v) is 9.47. The van der Waals surface area contributed by atoms with Crippen LogP contribution in [0.5, 0.6) is 17.6 Å². The molecule has 4 fully saturated rings. The molecule has 0 unspecified atom stereocenters. The maximum absolute atomic E-state index is 17.5. The number of terminal acetylenes is 1. The molecular weight excluding hydrogens is 710 g/mol. The molecule has 9 rings (SSSR count). The van der Waals surface area contributed by atoms with Crippen LogP contribution in [0.1, 0.15) is 58.4 Å². The van der Waals surface area contributed by atoms with Crippen LogP contribution in [0.25, 0.3) is 32.9 Å². The highest BCUT2D eigenvalue weighted by molar-refractivity contribution is 6.04. The van der Waals surface area contributed by atoms with E-state index in [-0.39, 0.29) is 67.3 Å². The molecule has 0 aliphatic carbocycles. The van der Waals surface area contributed by atoms with E-state index in [1.54, 1.807) is 12.1 Å². The summed E-state index contributed by atoms with van der Waals surface area (Å²) in [5, 5.41) is 1.63. The third-order valence-corrected chi connectivity index (χ3v) is 11.7. The minimum Gasteiger partial charge on any atom is -0.475 e. The van der Waals surface area contributed by atoms with E-state index in [2.05, 4.69) is 15.7 Å². The second kappa shape index (κ2) is 13.3. The highest BCUT2D eigenvalue weighted by atomic mass is 19.1. The lowest BCUT2D eigenvalue weighted by Gasteiger charge is -2.46. The number of alkyl halides is 1. The minimum absolute atomic E-state index is 0.0260. The van der Waals surface area contributed by atoms with E-state index in [1.165, 1.54) is 7.11 Å². The van der Waals surface area contributed by atoms with Gasteiger partial charge in [0.15, 0.2) is 12.6 Å². The number of amides is 1. The molecule has 7 heterocycles. The number of carbonyl (C=O) groups is 1. The van der Waals surface area contributed by atoms with Crippen LogP contribution in [-0.4, -0.2) is 113 Å². The first-order valence-electron chi connectivity index (χ1n) is 19.0. The molecule has 2 bridgehead atoms. The number of carbonyl (C=O) groups excluding carboxylic acids is 1. The molecule has 4 aromatic rings. The molecule has 5 aliphatic rings. The Labute approximate surface area is 318 Å². The standard InChI is InChI=1S/C41H44F2N6O6/c1-6-23-9-7-10-24-15-27(54-22-51-5)16-28(31(23)24)34-33(43)35-32-36(46-38(45-35)53-21-41-13-8-14-47(41)18-25(42)17-41)48-19-26-11-12-29(30(48)20-52-37(32)44-34)49(26)39(50)55-40(2,3)4/h1,7,9-10,15-16,25-26,29-30H,8,11-14,17-22H2,2-5H3/t25-,26+,29-,30+,41-/m1/s1. The molecule has 2 aromatic carbocycles. The van der Waals surface area contributed by atoms with Crippen LogP contribution in [0.15, 0.2) is 30.3 Å². The first kappa shape index (κ1) is 35.7. The molecule has 55 heavy (non-hydrogen) atoms. The molecule has 288 valence electrons. The second-order valence-electron chi connectivity index (χ2n) is 16.3. The number of anilines is 1. The van der Waals surface area contributed by atoms with Gasteiger partial charge in [-0.15, -0.1) is 6.42 Å². The van der Waals surface area contributed by atoms with Gasteiger partial charge >= 0.3 is 12.1 Å². The maximum atomic E-state index is 17.5. The Kier molecular flexibility index (Phi) is 8.65. The quantitative estimate of drug-likeness (QED) is 0.158. The Hall–Kier alpha value is -5.00. The Bertz CT molecular complexity index is 2240. The zero-order valence-corrected chi connectivity index (χ0v) is 31.4. The number of nitrogens with zero attached hydrogens (tertiary/aromatic N) is 6. The van der Waals surface area contributed by atoms with E-state index in [9.17, 15) is 9.18 Å². The topological polar surface area (TPSA) is 112 Å². The molecule has 1 amide bonds. The lowest BCUT2D eigenvalue weighted by molar-refractivity contribution is 0.00537. The van der Waals surface area contributed by atoms with Gasteiger partial charge in [-0.3, -0.25) is 9.80 Å². The fraction of sp³-hybridized carbons (Fsp3) is 0.512. The Morgan fingerprint density at radius 3 is 2.76 bits per heavy atom. The number of methoxy groups -OCH3 is 1. The van der Waals surface area contributed by atoms with Gasteiger partial charge < -0.3 is 28.6 Å². The first-order valence-corrected chi connectivity index (χ1v) is 19.0. The lowest BCUT2D eigenvalue weighted by atomic mass is 9.95. The molecular formula is C41H44F2N6O6. The number of ether oxygens (including phenoxy) is 5. The first-order chi connectivity index (χ1) is 26.5. The SMILES string of the molecule is C#Cc1cccc2cc(OCOC)cc(-c3nc4c5c(nc(OC[C@]67CCCN6C[C@H](F)C7)nc5c3F)N3C[C@@H]5CC[C@H]([C@@H]3CO4)N5C(=O)OC(C)(C)C)c12. The summed E-state index contributed by atoms with van der Waals surface area (Å²) in [6, 6.07) is 8.18. The zero-order chi connectivity index (χ0) is 38.2. The van der Waals surface area contributed by atoms with Crippen molar-refractivity contribution in [3.05, 3.63) is 41.7 Å². The van der Waals surface area contributed by atoms with Crippen LogP contribution in [0.3, 0.4) is 0 Å². The number of halogens is 2. The largest absolute Gasteiger partial charge is 0.475 e. The van der Waals surface area contributed by atoms with Gasteiger partial charge in [0.25, 0.3) is 0 Å². The molecule has 12 nitrogen and oxygen atoms in total. The number of benzene rings is 2. The van der Waals surface area contributed by atoms with Gasteiger partial charge in [0.05, 0.1) is 23.7 Å². The molecule has 0 N–H and O–H groups in total. The third kappa shape index (κ3) is 6.03. The number of pyridine rings is 1. The Morgan fingerprint density at radius 2 is 1.96 bits per heavy atom. The van der Waals surface area contributed by atoms with Gasteiger partial charge in [-0.05, 0) is 76.6 Å². The van der Waals surface area contributed by atoms with Gasteiger partial charge in [0.2, 0.25) is 5.88 Å².